The van der Waals surface area contributed by atoms with Crippen LogP contribution in [0, 0.1) is 5.95 Å². The number of hydrogen-bond donors (Lipinski definition) is 1. The van der Waals surface area contributed by atoms with Gasteiger partial charge in [-0.3, -0.25) is 0 Å². The molecular weight excluding hydrogens is 225 g/mol. The molecule has 0 saturated heterocycles. The number of methoxy groups -OCH3 is 1. The topological polar surface area (TPSA) is 65.2 Å². The zero-order valence-electron chi connectivity index (χ0n) is 8.34. The lowest BCUT2D eigenvalue weighted by Gasteiger charge is -2.09. The maximum absolute atomic E-state index is 13.2. The van der Waals surface area contributed by atoms with E-state index in [0.29, 0.717) is 0 Å². The average Bonchev–Trinajstić information content (AvgIpc) is 2.26. The second kappa shape index (κ2) is 4.93. The summed E-state index contributed by atoms with van der Waals surface area (Å²) >= 11 is 0. The van der Waals surface area contributed by atoms with Crippen LogP contribution in [-0.2, 0) is 11.3 Å². The van der Waals surface area contributed by atoms with Crippen molar-refractivity contribution < 1.29 is 22.7 Å². The van der Waals surface area contributed by atoms with Crippen LogP contribution in [-0.4, -0.2) is 18.1 Å². The minimum atomic E-state index is -3.03. The summed E-state index contributed by atoms with van der Waals surface area (Å²) in [6.07, 6.45) is -3.03. The maximum atomic E-state index is 13.2. The highest BCUT2D eigenvalue weighted by Gasteiger charge is 2.22. The molecule has 0 aliphatic heterocycles. The van der Waals surface area contributed by atoms with Crippen molar-refractivity contribution in [2.24, 2.45) is 5.73 Å². The smallest absolute Gasteiger partial charge is 0.356 e. The Labute approximate surface area is 89.2 Å². The van der Waals surface area contributed by atoms with Crippen molar-refractivity contribution in [3.63, 3.8) is 0 Å². The van der Waals surface area contributed by atoms with E-state index in [1.54, 1.807) is 0 Å². The Morgan fingerprint density at radius 3 is 2.69 bits per heavy atom. The molecular formula is C9H9F3N2O2. The Hall–Kier alpha value is -1.63. The van der Waals surface area contributed by atoms with Gasteiger partial charge in [0.15, 0.2) is 5.69 Å². The average molecular weight is 234 g/mol. The van der Waals surface area contributed by atoms with Crippen molar-refractivity contribution in [2.45, 2.75) is 13.0 Å². The highest BCUT2D eigenvalue weighted by molar-refractivity contribution is 5.87. The van der Waals surface area contributed by atoms with Crippen LogP contribution in [0.3, 0.4) is 0 Å². The van der Waals surface area contributed by atoms with E-state index in [1.165, 1.54) is 0 Å². The van der Waals surface area contributed by atoms with Gasteiger partial charge in [0.1, 0.15) is 0 Å². The third-order valence-corrected chi connectivity index (χ3v) is 1.93. The standard InChI is InChI=1S/C9H9F3N2O2/c1-16-9(15)5-2-4(3-13)6(7(10)11)8(12)14-5/h2,7H,3,13H2,1H3. The van der Waals surface area contributed by atoms with Crippen LogP contribution in [0.25, 0.3) is 0 Å². The van der Waals surface area contributed by atoms with E-state index < -0.39 is 23.9 Å². The van der Waals surface area contributed by atoms with Crippen LogP contribution < -0.4 is 5.73 Å². The van der Waals surface area contributed by atoms with E-state index in [4.69, 9.17) is 5.73 Å². The summed E-state index contributed by atoms with van der Waals surface area (Å²) in [5.74, 6) is -2.31. The van der Waals surface area contributed by atoms with Crippen LogP contribution in [0.4, 0.5) is 13.2 Å². The molecule has 0 saturated carbocycles. The summed E-state index contributed by atoms with van der Waals surface area (Å²) in [6.45, 7) is -0.316. The Kier molecular flexibility index (Phi) is 3.83. The fourth-order valence-electron chi connectivity index (χ4n) is 1.18. The predicted octanol–water partition coefficient (Wildman–Crippen LogP) is 1.40. The third kappa shape index (κ3) is 2.30. The monoisotopic (exact) mass is 234 g/mol. The number of carbonyl (C=O) groups excluding carboxylic acids is 1. The molecule has 0 amide bonds. The van der Waals surface area contributed by atoms with Crippen LogP contribution in [0.2, 0.25) is 0 Å². The number of halogens is 3. The SMILES string of the molecule is COC(=O)c1cc(CN)c(C(F)F)c(F)n1. The number of nitrogens with two attached hydrogens (primary N) is 1. The van der Waals surface area contributed by atoms with Crippen molar-refractivity contribution >= 4 is 5.97 Å². The van der Waals surface area contributed by atoms with Gasteiger partial charge in [0.2, 0.25) is 5.95 Å². The van der Waals surface area contributed by atoms with Crippen molar-refractivity contribution in [2.75, 3.05) is 7.11 Å². The molecule has 0 bridgehead atoms. The fourth-order valence-corrected chi connectivity index (χ4v) is 1.18. The zero-order chi connectivity index (χ0) is 12.3. The first kappa shape index (κ1) is 12.4. The predicted molar refractivity (Wildman–Crippen MR) is 48.4 cm³/mol. The van der Waals surface area contributed by atoms with Gasteiger partial charge in [-0.1, -0.05) is 0 Å². The molecule has 0 unspecified atom stereocenters. The summed E-state index contributed by atoms with van der Waals surface area (Å²) < 4.78 is 42.4. The lowest BCUT2D eigenvalue weighted by molar-refractivity contribution is 0.0591. The molecule has 0 spiro atoms. The van der Waals surface area contributed by atoms with E-state index in [1.807, 2.05) is 0 Å². The Morgan fingerprint density at radius 1 is 1.62 bits per heavy atom. The summed E-state index contributed by atoms with van der Waals surface area (Å²) in [5.41, 5.74) is 3.76. The molecule has 16 heavy (non-hydrogen) atoms. The summed E-state index contributed by atoms with van der Waals surface area (Å²) in [6, 6.07) is 0.996. The number of alkyl halides is 2. The number of hydrogen-bond acceptors (Lipinski definition) is 4. The zero-order valence-corrected chi connectivity index (χ0v) is 8.34. The first-order chi connectivity index (χ1) is 7.51. The molecule has 0 fully saturated rings. The highest BCUT2D eigenvalue weighted by Crippen LogP contribution is 2.25. The van der Waals surface area contributed by atoms with Crippen LogP contribution in [0.5, 0.6) is 0 Å². The summed E-state index contributed by atoms with van der Waals surface area (Å²) in [7, 11) is 1.07. The van der Waals surface area contributed by atoms with Gasteiger partial charge in [0.05, 0.1) is 12.7 Å². The Bertz CT molecular complexity index is 410. The molecule has 88 valence electrons. The van der Waals surface area contributed by atoms with E-state index in [2.05, 4.69) is 9.72 Å². The van der Waals surface area contributed by atoms with Crippen LogP contribution in [0.15, 0.2) is 6.07 Å². The number of ether oxygens (including phenoxy) is 1. The van der Waals surface area contributed by atoms with Crippen molar-refractivity contribution in [3.05, 3.63) is 28.8 Å². The second-order valence-electron chi connectivity index (χ2n) is 2.87. The highest BCUT2D eigenvalue weighted by atomic mass is 19.3. The number of aromatic nitrogens is 1. The number of carbonyl (C=O) groups is 1. The minimum Gasteiger partial charge on any atom is -0.464 e. The molecule has 0 aliphatic rings. The second-order valence-corrected chi connectivity index (χ2v) is 2.87. The van der Waals surface area contributed by atoms with Gasteiger partial charge in [-0.25, -0.2) is 18.6 Å². The Balaban J connectivity index is 3.32. The summed E-state index contributed by atoms with van der Waals surface area (Å²) in [5, 5.41) is 0. The van der Waals surface area contributed by atoms with Crippen molar-refractivity contribution in [1.29, 1.82) is 0 Å². The molecule has 0 atom stereocenters. The van der Waals surface area contributed by atoms with Crippen molar-refractivity contribution in [3.8, 4) is 0 Å². The summed E-state index contributed by atoms with van der Waals surface area (Å²) in [4.78, 5) is 14.1. The largest absolute Gasteiger partial charge is 0.464 e. The number of esters is 1. The molecule has 1 aromatic heterocycles. The molecule has 1 heterocycles. The molecule has 0 aliphatic carbocycles. The van der Waals surface area contributed by atoms with Crippen LogP contribution >= 0.6 is 0 Å². The quantitative estimate of drug-likeness (QED) is 0.634. The molecule has 0 aromatic carbocycles. The van der Waals surface area contributed by atoms with E-state index in [-0.39, 0.29) is 17.8 Å². The van der Waals surface area contributed by atoms with Gasteiger partial charge in [0, 0.05) is 6.54 Å². The van der Waals surface area contributed by atoms with Gasteiger partial charge in [-0.2, -0.15) is 4.39 Å². The fraction of sp³-hybridized carbons (Fsp3) is 0.333. The Morgan fingerprint density at radius 2 is 2.25 bits per heavy atom. The van der Waals surface area contributed by atoms with E-state index >= 15 is 0 Å². The molecule has 1 aromatic rings. The molecule has 1 rings (SSSR count). The van der Waals surface area contributed by atoms with Gasteiger partial charge < -0.3 is 10.5 Å². The molecule has 2 N–H and O–H groups in total. The van der Waals surface area contributed by atoms with E-state index in [0.717, 1.165) is 13.2 Å². The first-order valence-corrected chi connectivity index (χ1v) is 4.27. The first-order valence-electron chi connectivity index (χ1n) is 4.27. The lowest BCUT2D eigenvalue weighted by atomic mass is 10.1. The van der Waals surface area contributed by atoms with Crippen molar-refractivity contribution in [1.82, 2.24) is 4.98 Å². The molecule has 0 radical (unpaired) electrons. The van der Waals surface area contributed by atoms with Gasteiger partial charge in [-0.05, 0) is 11.6 Å². The lowest BCUT2D eigenvalue weighted by Crippen LogP contribution is -2.12. The normalized spacial score (nSPS) is 10.6. The van der Waals surface area contributed by atoms with E-state index in [9.17, 15) is 18.0 Å². The molecule has 4 nitrogen and oxygen atoms in total. The van der Waals surface area contributed by atoms with Gasteiger partial charge in [0.25, 0.3) is 6.43 Å². The number of nitrogens with zero attached hydrogens (tertiary/aromatic N) is 1. The van der Waals surface area contributed by atoms with Gasteiger partial charge in [-0.15, -0.1) is 0 Å². The number of pyridine rings is 1. The molecule has 7 heteroatoms. The van der Waals surface area contributed by atoms with Crippen LogP contribution in [0.1, 0.15) is 28.0 Å². The minimum absolute atomic E-state index is 0.164. The maximum Gasteiger partial charge on any atom is 0.356 e. The number of rotatable bonds is 3. The van der Waals surface area contributed by atoms with Gasteiger partial charge >= 0.3 is 5.97 Å². The third-order valence-electron chi connectivity index (χ3n) is 1.93.